The van der Waals surface area contributed by atoms with Gasteiger partial charge in [-0.25, -0.2) is 4.79 Å². The molecule has 1 atom stereocenters. The Balaban J connectivity index is 2.93. The van der Waals surface area contributed by atoms with Crippen molar-refractivity contribution in [3.63, 3.8) is 0 Å². The van der Waals surface area contributed by atoms with Crippen LogP contribution in [0, 0.1) is 11.3 Å². The molecule has 0 amide bonds. The van der Waals surface area contributed by atoms with Gasteiger partial charge in [0.25, 0.3) is 5.78 Å². The van der Waals surface area contributed by atoms with Crippen LogP contribution in [0.3, 0.4) is 0 Å². The van der Waals surface area contributed by atoms with E-state index in [1.54, 1.807) is 25.1 Å². The fourth-order valence-electron chi connectivity index (χ4n) is 1.26. The van der Waals surface area contributed by atoms with Gasteiger partial charge in [0.1, 0.15) is 5.92 Å². The SMILES string of the molecule is CCOC(=O)C(=O)C(C#N)c1ccc(Cl)cc1. The average molecular weight is 252 g/mol. The highest BCUT2D eigenvalue weighted by Crippen LogP contribution is 2.19. The first-order valence-corrected chi connectivity index (χ1v) is 5.34. The molecule has 0 aliphatic carbocycles. The van der Waals surface area contributed by atoms with Gasteiger partial charge < -0.3 is 4.74 Å². The van der Waals surface area contributed by atoms with Crippen molar-refractivity contribution >= 4 is 23.4 Å². The lowest BCUT2D eigenvalue weighted by Crippen LogP contribution is -2.23. The van der Waals surface area contributed by atoms with Gasteiger partial charge in [0.15, 0.2) is 0 Å². The number of hydrogen-bond donors (Lipinski definition) is 0. The highest BCUT2D eigenvalue weighted by atomic mass is 35.5. The molecule has 0 saturated carbocycles. The van der Waals surface area contributed by atoms with Crippen LogP contribution in [0.4, 0.5) is 0 Å². The van der Waals surface area contributed by atoms with Crippen LogP contribution in [0.5, 0.6) is 0 Å². The number of hydrogen-bond acceptors (Lipinski definition) is 4. The number of halogens is 1. The molecule has 0 radical (unpaired) electrons. The Morgan fingerprint density at radius 1 is 1.41 bits per heavy atom. The van der Waals surface area contributed by atoms with Crippen LogP contribution in [-0.2, 0) is 14.3 Å². The van der Waals surface area contributed by atoms with Crippen LogP contribution in [0.15, 0.2) is 24.3 Å². The van der Waals surface area contributed by atoms with E-state index >= 15 is 0 Å². The highest BCUT2D eigenvalue weighted by Gasteiger charge is 2.27. The number of benzene rings is 1. The number of ketones is 1. The van der Waals surface area contributed by atoms with Crippen LogP contribution in [0.2, 0.25) is 5.02 Å². The fourth-order valence-corrected chi connectivity index (χ4v) is 1.39. The minimum atomic E-state index is -1.15. The summed E-state index contributed by atoms with van der Waals surface area (Å²) in [4.78, 5) is 22.9. The van der Waals surface area contributed by atoms with E-state index in [2.05, 4.69) is 4.74 Å². The summed E-state index contributed by atoms with van der Waals surface area (Å²) in [5, 5.41) is 9.42. The van der Waals surface area contributed by atoms with Crippen molar-refractivity contribution < 1.29 is 14.3 Å². The van der Waals surface area contributed by atoms with E-state index in [-0.39, 0.29) is 6.61 Å². The lowest BCUT2D eigenvalue weighted by Gasteiger charge is -2.07. The first-order valence-electron chi connectivity index (χ1n) is 4.96. The quantitative estimate of drug-likeness (QED) is 0.607. The molecule has 0 saturated heterocycles. The third-order valence-corrected chi connectivity index (χ3v) is 2.32. The molecular formula is C12H10ClNO3. The molecule has 1 rings (SSSR count). The molecule has 1 aromatic carbocycles. The second kappa shape index (κ2) is 6.02. The molecule has 4 nitrogen and oxygen atoms in total. The van der Waals surface area contributed by atoms with E-state index in [9.17, 15) is 9.59 Å². The van der Waals surface area contributed by atoms with Crippen LogP contribution in [-0.4, -0.2) is 18.4 Å². The summed E-state index contributed by atoms with van der Waals surface area (Å²) in [5.41, 5.74) is 0.426. The Bertz CT molecular complexity index is 462. The van der Waals surface area contributed by atoms with Crippen molar-refractivity contribution in [1.82, 2.24) is 0 Å². The van der Waals surface area contributed by atoms with Gasteiger partial charge in [0.2, 0.25) is 0 Å². The molecular weight excluding hydrogens is 242 g/mol. The fraction of sp³-hybridized carbons (Fsp3) is 0.250. The van der Waals surface area contributed by atoms with Crippen LogP contribution in [0.25, 0.3) is 0 Å². The molecule has 5 heteroatoms. The van der Waals surface area contributed by atoms with Gasteiger partial charge in [0, 0.05) is 5.02 Å². The van der Waals surface area contributed by atoms with Crippen molar-refractivity contribution in [2.24, 2.45) is 0 Å². The summed E-state index contributed by atoms with van der Waals surface area (Å²) >= 11 is 5.69. The lowest BCUT2D eigenvalue weighted by atomic mass is 9.96. The zero-order chi connectivity index (χ0) is 12.8. The first kappa shape index (κ1) is 13.2. The van der Waals surface area contributed by atoms with E-state index in [1.807, 2.05) is 0 Å². The topological polar surface area (TPSA) is 67.2 Å². The summed E-state index contributed by atoms with van der Waals surface area (Å²) in [7, 11) is 0. The molecule has 88 valence electrons. The summed E-state index contributed by atoms with van der Waals surface area (Å²) in [6, 6.07) is 7.96. The average Bonchev–Trinajstić information content (AvgIpc) is 2.32. The van der Waals surface area contributed by atoms with E-state index in [0.717, 1.165) is 0 Å². The Kier molecular flexibility index (Phi) is 4.68. The highest BCUT2D eigenvalue weighted by molar-refractivity contribution is 6.36. The molecule has 17 heavy (non-hydrogen) atoms. The number of carbonyl (C=O) groups is 2. The number of rotatable bonds is 4. The van der Waals surface area contributed by atoms with Gasteiger partial charge in [-0.3, -0.25) is 4.79 Å². The van der Waals surface area contributed by atoms with E-state index < -0.39 is 17.7 Å². The molecule has 0 aliphatic heterocycles. The zero-order valence-corrected chi connectivity index (χ0v) is 9.90. The smallest absolute Gasteiger partial charge is 0.376 e. The van der Waals surface area contributed by atoms with E-state index in [4.69, 9.17) is 16.9 Å². The Morgan fingerprint density at radius 2 is 2.00 bits per heavy atom. The van der Waals surface area contributed by atoms with Crippen LogP contribution >= 0.6 is 11.6 Å². The number of Topliss-reactive ketones (excluding diaryl/α,β-unsaturated/α-hetero) is 1. The maximum absolute atomic E-state index is 11.6. The monoisotopic (exact) mass is 251 g/mol. The van der Waals surface area contributed by atoms with E-state index in [1.165, 1.54) is 12.1 Å². The van der Waals surface area contributed by atoms with Gasteiger partial charge in [0.05, 0.1) is 12.7 Å². The maximum Gasteiger partial charge on any atom is 0.376 e. The maximum atomic E-state index is 11.6. The van der Waals surface area contributed by atoms with Gasteiger partial charge in [-0.1, -0.05) is 23.7 Å². The zero-order valence-electron chi connectivity index (χ0n) is 9.14. The minimum absolute atomic E-state index is 0.101. The van der Waals surface area contributed by atoms with Crippen molar-refractivity contribution in [3.05, 3.63) is 34.9 Å². The molecule has 0 heterocycles. The second-order valence-corrected chi connectivity index (χ2v) is 3.63. The Hall–Kier alpha value is -1.86. The van der Waals surface area contributed by atoms with Gasteiger partial charge in [-0.05, 0) is 24.6 Å². The molecule has 0 bridgehead atoms. The normalized spacial score (nSPS) is 11.4. The summed E-state index contributed by atoms with van der Waals surface area (Å²) in [6.45, 7) is 1.69. The molecule has 0 aliphatic rings. The molecule has 1 aromatic rings. The molecule has 0 N–H and O–H groups in total. The van der Waals surface area contributed by atoms with Crippen LogP contribution < -0.4 is 0 Å². The number of ether oxygens (including phenoxy) is 1. The summed E-state index contributed by atoms with van der Waals surface area (Å²) in [5.74, 6) is -3.00. The Labute approximate surface area is 104 Å². The van der Waals surface area contributed by atoms with Gasteiger partial charge in [-0.15, -0.1) is 0 Å². The van der Waals surface area contributed by atoms with Crippen molar-refractivity contribution in [2.45, 2.75) is 12.8 Å². The number of nitriles is 1. The largest absolute Gasteiger partial charge is 0.460 e. The van der Waals surface area contributed by atoms with Crippen LogP contribution in [0.1, 0.15) is 18.4 Å². The first-order chi connectivity index (χ1) is 8.10. The Morgan fingerprint density at radius 3 is 2.47 bits per heavy atom. The second-order valence-electron chi connectivity index (χ2n) is 3.20. The number of carbonyl (C=O) groups excluding carboxylic acids is 2. The van der Waals surface area contributed by atoms with Crippen molar-refractivity contribution in [1.29, 1.82) is 5.26 Å². The number of esters is 1. The molecule has 0 spiro atoms. The predicted octanol–water partition coefficient (Wildman–Crippen LogP) is 2.08. The summed E-state index contributed by atoms with van der Waals surface area (Å²) in [6.07, 6.45) is 0. The third-order valence-electron chi connectivity index (χ3n) is 2.07. The molecule has 0 fully saturated rings. The molecule has 1 unspecified atom stereocenters. The predicted molar refractivity (Wildman–Crippen MR) is 61.4 cm³/mol. The standard InChI is InChI=1S/C12H10ClNO3/c1-2-17-12(16)11(15)10(7-14)8-3-5-9(13)6-4-8/h3-6,10H,2H2,1H3. The molecule has 0 aromatic heterocycles. The van der Waals surface area contributed by atoms with Gasteiger partial charge in [-0.2, -0.15) is 5.26 Å². The van der Waals surface area contributed by atoms with Crippen molar-refractivity contribution in [2.75, 3.05) is 6.61 Å². The summed E-state index contributed by atoms with van der Waals surface area (Å²) < 4.78 is 4.57. The van der Waals surface area contributed by atoms with Crippen molar-refractivity contribution in [3.8, 4) is 6.07 Å². The van der Waals surface area contributed by atoms with E-state index in [0.29, 0.717) is 10.6 Å². The third kappa shape index (κ3) is 3.30. The number of nitrogens with zero attached hydrogens (tertiary/aromatic N) is 1. The van der Waals surface area contributed by atoms with Gasteiger partial charge >= 0.3 is 5.97 Å². The lowest BCUT2D eigenvalue weighted by molar-refractivity contribution is -0.153. The minimum Gasteiger partial charge on any atom is -0.460 e.